The molecule has 0 radical (unpaired) electrons. The molecule has 1 heterocycles. The highest BCUT2D eigenvalue weighted by molar-refractivity contribution is 7.72. The maximum absolute atomic E-state index is 9.76. The van der Waals surface area contributed by atoms with E-state index in [1.807, 2.05) is 6.92 Å². The molecule has 0 bridgehead atoms. The molecule has 1 aliphatic heterocycles. The fourth-order valence-corrected chi connectivity index (χ4v) is 2.80. The van der Waals surface area contributed by atoms with Crippen molar-refractivity contribution in [2.45, 2.75) is 37.0 Å². The van der Waals surface area contributed by atoms with E-state index in [2.05, 4.69) is 19.6 Å². The SMILES string of the molecule is C=P(C)(C)CC[C@H]1O[C@@H](C)[C@H](Cl)[C@@H]1O. The van der Waals surface area contributed by atoms with Gasteiger partial charge in [-0.05, 0) is 32.8 Å². The second-order valence-electron chi connectivity index (χ2n) is 4.76. The van der Waals surface area contributed by atoms with E-state index in [4.69, 9.17) is 16.3 Å². The van der Waals surface area contributed by atoms with Crippen LogP contribution >= 0.6 is 18.5 Å². The van der Waals surface area contributed by atoms with Gasteiger partial charge in [0, 0.05) is 0 Å². The van der Waals surface area contributed by atoms with Gasteiger partial charge in [0.2, 0.25) is 0 Å². The van der Waals surface area contributed by atoms with Gasteiger partial charge in [-0.1, -0.05) is 0 Å². The Morgan fingerprint density at radius 1 is 1.50 bits per heavy atom. The van der Waals surface area contributed by atoms with Crippen molar-refractivity contribution in [3.05, 3.63) is 0 Å². The molecule has 1 aliphatic rings. The Kier molecular flexibility index (Phi) is 4.11. The summed E-state index contributed by atoms with van der Waals surface area (Å²) in [5.74, 6) is 0. The molecule has 0 spiro atoms. The number of halogens is 1. The fourth-order valence-electron chi connectivity index (χ4n) is 1.63. The van der Waals surface area contributed by atoms with Gasteiger partial charge >= 0.3 is 0 Å². The van der Waals surface area contributed by atoms with Crippen molar-refractivity contribution in [3.63, 3.8) is 0 Å². The van der Waals surface area contributed by atoms with E-state index < -0.39 is 13.0 Å². The van der Waals surface area contributed by atoms with Gasteiger partial charge in [0.1, 0.15) is 0 Å². The normalized spacial score (nSPS) is 38.9. The van der Waals surface area contributed by atoms with Gasteiger partial charge in [0.05, 0.1) is 23.7 Å². The molecule has 84 valence electrons. The van der Waals surface area contributed by atoms with E-state index in [9.17, 15) is 5.11 Å². The first kappa shape index (κ1) is 12.6. The lowest BCUT2D eigenvalue weighted by molar-refractivity contribution is 0.0150. The van der Waals surface area contributed by atoms with Crippen LogP contribution in [0.2, 0.25) is 0 Å². The lowest BCUT2D eigenvalue weighted by Gasteiger charge is -2.18. The van der Waals surface area contributed by atoms with Crippen LogP contribution in [0.5, 0.6) is 0 Å². The summed E-state index contributed by atoms with van der Waals surface area (Å²) in [6.07, 6.45) is 5.41. The van der Waals surface area contributed by atoms with Crippen molar-refractivity contribution in [2.24, 2.45) is 0 Å². The number of ether oxygens (including phenoxy) is 1. The number of hydrogen-bond donors (Lipinski definition) is 1. The predicted molar refractivity (Wildman–Crippen MR) is 65.4 cm³/mol. The van der Waals surface area contributed by atoms with Crippen LogP contribution in [0.4, 0.5) is 0 Å². The molecule has 4 heteroatoms. The Bertz CT molecular complexity index is 238. The van der Waals surface area contributed by atoms with Gasteiger partial charge < -0.3 is 9.84 Å². The summed E-state index contributed by atoms with van der Waals surface area (Å²) < 4.78 is 5.59. The van der Waals surface area contributed by atoms with Crippen LogP contribution in [-0.4, -0.2) is 54.6 Å². The van der Waals surface area contributed by atoms with Crippen LogP contribution in [0, 0.1) is 0 Å². The number of alkyl halides is 1. The summed E-state index contributed by atoms with van der Waals surface area (Å²) in [6.45, 7) is 5.27. The minimum absolute atomic E-state index is 0.0390. The van der Waals surface area contributed by atoms with E-state index in [1.165, 1.54) is 0 Å². The van der Waals surface area contributed by atoms with Crippen LogP contribution in [0.3, 0.4) is 0 Å². The molecule has 0 aromatic carbocycles. The minimum atomic E-state index is -1.02. The zero-order valence-corrected chi connectivity index (χ0v) is 10.8. The molecular formula is C10H20ClO2P. The van der Waals surface area contributed by atoms with E-state index in [0.717, 1.165) is 12.6 Å². The average molecular weight is 239 g/mol. The molecular weight excluding hydrogens is 219 g/mol. The van der Waals surface area contributed by atoms with E-state index in [-0.39, 0.29) is 17.6 Å². The van der Waals surface area contributed by atoms with Crippen LogP contribution in [0.15, 0.2) is 0 Å². The minimum Gasteiger partial charge on any atom is -0.389 e. The van der Waals surface area contributed by atoms with Gasteiger partial charge in [-0.15, -0.1) is 24.8 Å². The van der Waals surface area contributed by atoms with Gasteiger partial charge in [0.25, 0.3) is 0 Å². The van der Waals surface area contributed by atoms with Gasteiger partial charge in [-0.2, -0.15) is 0 Å². The van der Waals surface area contributed by atoms with Crippen LogP contribution in [0.25, 0.3) is 0 Å². The van der Waals surface area contributed by atoms with E-state index in [0.29, 0.717) is 0 Å². The van der Waals surface area contributed by atoms with E-state index in [1.54, 1.807) is 0 Å². The molecule has 1 rings (SSSR count). The molecule has 0 amide bonds. The van der Waals surface area contributed by atoms with Crippen LogP contribution < -0.4 is 0 Å². The maximum atomic E-state index is 9.76. The molecule has 1 N–H and O–H groups in total. The highest BCUT2D eigenvalue weighted by Gasteiger charge is 2.39. The Labute approximate surface area is 91.6 Å². The van der Waals surface area contributed by atoms with Gasteiger partial charge in [-0.25, -0.2) is 0 Å². The summed E-state index contributed by atoms with van der Waals surface area (Å²) in [6, 6.07) is 0. The smallest absolute Gasteiger partial charge is 0.0990 e. The molecule has 4 atom stereocenters. The van der Waals surface area contributed by atoms with Crippen molar-refractivity contribution >= 4 is 24.8 Å². The highest BCUT2D eigenvalue weighted by Crippen LogP contribution is 2.38. The lowest BCUT2D eigenvalue weighted by Crippen LogP contribution is -2.28. The zero-order valence-electron chi connectivity index (χ0n) is 9.11. The van der Waals surface area contributed by atoms with Crippen LogP contribution in [-0.2, 0) is 4.74 Å². The quantitative estimate of drug-likeness (QED) is 0.601. The first-order valence-electron chi connectivity index (χ1n) is 4.96. The molecule has 0 aliphatic carbocycles. The molecule has 1 saturated heterocycles. The summed E-state index contributed by atoms with van der Waals surface area (Å²) in [5, 5.41) is 9.50. The monoisotopic (exact) mass is 238 g/mol. The maximum Gasteiger partial charge on any atom is 0.0990 e. The Balaban J connectivity index is 2.44. The number of rotatable bonds is 3. The molecule has 0 aromatic rings. The molecule has 1 fully saturated rings. The second-order valence-corrected chi connectivity index (χ2v) is 9.59. The third-order valence-electron chi connectivity index (χ3n) is 2.56. The predicted octanol–water partition coefficient (Wildman–Crippen LogP) is 1.84. The van der Waals surface area contributed by atoms with Crippen molar-refractivity contribution in [1.29, 1.82) is 0 Å². The second kappa shape index (κ2) is 4.57. The summed E-state index contributed by atoms with van der Waals surface area (Å²) >= 11 is 5.98. The Morgan fingerprint density at radius 2 is 2.07 bits per heavy atom. The topological polar surface area (TPSA) is 29.5 Å². The number of hydrogen-bond acceptors (Lipinski definition) is 2. The van der Waals surface area contributed by atoms with Crippen molar-refractivity contribution in [1.82, 2.24) is 0 Å². The first-order valence-corrected chi connectivity index (χ1v) is 8.45. The van der Waals surface area contributed by atoms with Gasteiger partial charge in [-0.3, -0.25) is 0 Å². The molecule has 2 nitrogen and oxygen atoms in total. The first-order chi connectivity index (χ1) is 6.31. The Morgan fingerprint density at radius 3 is 2.43 bits per heavy atom. The number of aliphatic hydroxyl groups is 1. The fraction of sp³-hybridized carbons (Fsp3) is 0.900. The molecule has 14 heavy (non-hydrogen) atoms. The highest BCUT2D eigenvalue weighted by atomic mass is 35.5. The van der Waals surface area contributed by atoms with Crippen molar-refractivity contribution < 1.29 is 9.84 Å². The third kappa shape index (κ3) is 3.27. The third-order valence-corrected chi connectivity index (χ3v) is 4.65. The summed E-state index contributed by atoms with van der Waals surface area (Å²) in [5.41, 5.74) is 0. The summed E-state index contributed by atoms with van der Waals surface area (Å²) in [7, 11) is 0. The van der Waals surface area contributed by atoms with E-state index >= 15 is 0 Å². The van der Waals surface area contributed by atoms with Crippen molar-refractivity contribution in [2.75, 3.05) is 19.5 Å². The lowest BCUT2D eigenvalue weighted by atomic mass is 10.1. The van der Waals surface area contributed by atoms with Crippen molar-refractivity contribution in [3.8, 4) is 0 Å². The molecule has 0 saturated carbocycles. The summed E-state index contributed by atoms with van der Waals surface area (Å²) in [4.78, 5) is 0. The molecule has 0 aromatic heterocycles. The van der Waals surface area contributed by atoms with Crippen LogP contribution in [0.1, 0.15) is 13.3 Å². The molecule has 0 unspecified atom stereocenters. The standard InChI is InChI=1S/C10H20ClO2P/c1-7-9(11)10(12)8(13-7)5-6-14(2,3)4/h7-10,12H,2,5-6H2,1,3-4H3/t7-,8+,9-,10+/m0/s1. The Hall–Kier alpha value is 0.510. The largest absolute Gasteiger partial charge is 0.389 e. The van der Waals surface area contributed by atoms with Gasteiger partial charge in [0.15, 0.2) is 0 Å². The zero-order chi connectivity index (χ0) is 10.9. The number of aliphatic hydroxyl groups excluding tert-OH is 1. The average Bonchev–Trinajstić information content (AvgIpc) is 2.28.